The van der Waals surface area contributed by atoms with Crippen molar-refractivity contribution in [2.45, 2.75) is 69.5 Å². The molecule has 18 heavy (non-hydrogen) atoms. The maximum atomic E-state index is 12.9. The highest BCUT2D eigenvalue weighted by molar-refractivity contribution is 9.07. The van der Waals surface area contributed by atoms with E-state index >= 15 is 0 Å². The molecule has 3 atom stereocenters. The molecule has 3 fully saturated rings. The van der Waals surface area contributed by atoms with Crippen LogP contribution in [0.25, 0.3) is 0 Å². The van der Waals surface area contributed by atoms with Gasteiger partial charge in [-0.1, -0.05) is 12.8 Å². The van der Waals surface area contributed by atoms with Crippen molar-refractivity contribution in [3.05, 3.63) is 0 Å². The fraction of sp³-hybridized carbons (Fsp3) is 0.923. The first kappa shape index (κ1) is 13.5. The lowest BCUT2D eigenvalue weighted by molar-refractivity contribution is -0.764. The molecule has 3 heterocycles. The van der Waals surface area contributed by atoms with Crippen molar-refractivity contribution in [2.24, 2.45) is 0 Å². The summed E-state index contributed by atoms with van der Waals surface area (Å²) in [7, 11) is 0. The Balaban J connectivity index is 2.07. The first-order valence-corrected chi connectivity index (χ1v) is 8.61. The number of hydrogen-bond donors (Lipinski definition) is 0. The fourth-order valence-electron chi connectivity index (χ4n) is 4.07. The summed E-state index contributed by atoms with van der Waals surface area (Å²) in [5, 5.41) is 0. The van der Waals surface area contributed by atoms with Crippen molar-refractivity contribution in [1.29, 1.82) is 0 Å². The van der Waals surface area contributed by atoms with E-state index in [9.17, 15) is 4.79 Å². The highest BCUT2D eigenvalue weighted by Gasteiger charge is 2.68. The van der Waals surface area contributed by atoms with Crippen LogP contribution in [-0.4, -0.2) is 31.6 Å². The van der Waals surface area contributed by atoms with Crippen LogP contribution in [0.4, 0.5) is 0 Å². The molecule has 0 aromatic heterocycles. The molecule has 3 aliphatic heterocycles. The van der Waals surface area contributed by atoms with Crippen LogP contribution in [0.2, 0.25) is 0 Å². The van der Waals surface area contributed by atoms with Crippen molar-refractivity contribution in [3.63, 3.8) is 0 Å². The molecule has 0 aromatic carbocycles. The van der Waals surface area contributed by atoms with Crippen molar-refractivity contribution in [2.75, 3.05) is 6.54 Å². The van der Waals surface area contributed by atoms with Gasteiger partial charge in [0.2, 0.25) is 16.1 Å². The molecule has 0 saturated carbocycles. The van der Waals surface area contributed by atoms with Crippen LogP contribution in [0.3, 0.4) is 0 Å². The van der Waals surface area contributed by atoms with Crippen LogP contribution < -0.4 is 0 Å². The van der Waals surface area contributed by atoms with Gasteiger partial charge in [0.25, 0.3) is 0 Å². The van der Waals surface area contributed by atoms with Gasteiger partial charge in [-0.2, -0.15) is 7.44 Å². The van der Waals surface area contributed by atoms with Gasteiger partial charge < -0.3 is 0 Å². The second-order valence-corrected chi connectivity index (χ2v) is 7.97. The third-order valence-corrected chi connectivity index (χ3v) is 7.58. The molecule has 3 unspecified atom stereocenters. The van der Waals surface area contributed by atoms with Gasteiger partial charge in [0.1, 0.15) is 6.04 Å². The van der Waals surface area contributed by atoms with E-state index in [1.54, 1.807) is 0 Å². The highest BCUT2D eigenvalue weighted by Crippen LogP contribution is 2.53. The fourth-order valence-corrected chi connectivity index (χ4v) is 6.30. The van der Waals surface area contributed by atoms with Gasteiger partial charge in [0.05, 0.1) is 6.54 Å². The second kappa shape index (κ2) is 4.83. The van der Waals surface area contributed by atoms with E-state index in [4.69, 9.17) is 0 Å². The average Bonchev–Trinajstić information content (AvgIpc) is 2.47. The molecule has 0 aromatic rings. The third kappa shape index (κ3) is 1.70. The topological polar surface area (TPSA) is 20.3 Å². The van der Waals surface area contributed by atoms with Gasteiger partial charge in [-0.3, -0.25) is 0 Å². The van der Waals surface area contributed by atoms with Crippen molar-refractivity contribution in [3.8, 4) is 0 Å². The molecule has 102 valence electrons. The largest absolute Gasteiger partial charge is 0.343 e. The minimum absolute atomic E-state index is 0.0291. The molecule has 0 aliphatic carbocycles. The molecule has 2 bridgehead atoms. The predicted octanol–water partition coefficient (Wildman–Crippen LogP) is 3.87. The number of carbonyl (C=O) groups excluding carboxylic acids is 1. The minimum atomic E-state index is -0.0291. The Morgan fingerprint density at radius 3 is 2.50 bits per heavy atom. The molecule has 5 heteroatoms. The summed E-state index contributed by atoms with van der Waals surface area (Å²) >= 11 is 7.64. The van der Waals surface area contributed by atoms with Crippen LogP contribution in [0.15, 0.2) is 0 Å². The van der Waals surface area contributed by atoms with Crippen LogP contribution in [0.5, 0.6) is 0 Å². The molecular formula is C13H21Br2N2O+. The van der Waals surface area contributed by atoms with Gasteiger partial charge in [0, 0.05) is 29.0 Å². The molecule has 0 radical (unpaired) electrons. The Hall–Kier alpha value is 0.550. The van der Waals surface area contributed by atoms with E-state index in [0.29, 0.717) is 9.42 Å². The number of hydrogen-bond acceptors (Lipinski definition) is 2. The lowest BCUT2D eigenvalue weighted by atomic mass is 9.93. The van der Waals surface area contributed by atoms with E-state index in [0.717, 1.165) is 32.2 Å². The summed E-state index contributed by atoms with van der Waals surface area (Å²) in [4.78, 5) is 12.9. The molecule has 3 saturated heterocycles. The zero-order chi connectivity index (χ0) is 12.8. The van der Waals surface area contributed by atoms with Gasteiger partial charge in [-0.05, 0) is 32.1 Å². The summed E-state index contributed by atoms with van der Waals surface area (Å²) in [5.74, 6) is 0.385. The lowest BCUT2D eigenvalue weighted by Gasteiger charge is -2.42. The molecule has 3 aliphatic rings. The van der Waals surface area contributed by atoms with Crippen molar-refractivity contribution < 1.29 is 8.30 Å². The average molecular weight is 381 g/mol. The Morgan fingerprint density at radius 2 is 1.78 bits per heavy atom. The maximum absolute atomic E-state index is 12.9. The Morgan fingerprint density at radius 1 is 1.11 bits per heavy atom. The standard InChI is InChI=1S/C13H21Br2N2O/c14-16-11-7-3-1-4-8-13(16)9-5-2-6-10-17(13,15)12(11)18/h11H,1-10H2/q+1. The highest BCUT2D eigenvalue weighted by atomic mass is 79.9. The van der Waals surface area contributed by atoms with E-state index in [1.165, 1.54) is 32.1 Å². The number of carbonyl (C=O) groups is 1. The van der Waals surface area contributed by atoms with Crippen LogP contribution in [0, 0.1) is 0 Å². The predicted molar refractivity (Wildman–Crippen MR) is 77.9 cm³/mol. The zero-order valence-corrected chi connectivity index (χ0v) is 13.9. The van der Waals surface area contributed by atoms with E-state index in [-0.39, 0.29) is 11.7 Å². The van der Waals surface area contributed by atoms with Crippen molar-refractivity contribution >= 4 is 38.2 Å². The molecular weight excluding hydrogens is 360 g/mol. The quantitative estimate of drug-likeness (QED) is 0.594. The number of fused-ring (bicyclic) bond motifs is 1. The number of amides is 1. The first-order chi connectivity index (χ1) is 8.62. The monoisotopic (exact) mass is 379 g/mol. The van der Waals surface area contributed by atoms with Gasteiger partial charge >= 0.3 is 5.91 Å². The van der Waals surface area contributed by atoms with E-state index < -0.39 is 0 Å². The Bertz CT molecular complexity index is 365. The number of rotatable bonds is 0. The van der Waals surface area contributed by atoms with Crippen molar-refractivity contribution in [1.82, 2.24) is 3.93 Å². The van der Waals surface area contributed by atoms with Crippen LogP contribution >= 0.6 is 32.3 Å². The van der Waals surface area contributed by atoms with Gasteiger partial charge in [-0.25, -0.2) is 4.79 Å². The smallest absolute Gasteiger partial charge is 0.228 e. The lowest BCUT2D eigenvalue weighted by Crippen LogP contribution is -2.59. The number of nitrogens with zero attached hydrogens (tertiary/aromatic N) is 2. The second-order valence-electron chi connectivity index (χ2n) is 6.00. The minimum Gasteiger partial charge on any atom is -0.228 e. The van der Waals surface area contributed by atoms with Gasteiger partial charge in [0.15, 0.2) is 5.66 Å². The molecule has 0 N–H and O–H groups in total. The molecule has 1 spiro atoms. The van der Waals surface area contributed by atoms with Gasteiger partial charge in [-0.15, -0.1) is 0 Å². The first-order valence-electron chi connectivity index (χ1n) is 7.19. The van der Waals surface area contributed by atoms with Crippen LogP contribution in [-0.2, 0) is 4.79 Å². The normalized spacial score (nSPS) is 46.1. The molecule has 3 rings (SSSR count). The van der Waals surface area contributed by atoms with Crippen LogP contribution in [0.1, 0.15) is 57.8 Å². The van der Waals surface area contributed by atoms with E-state index in [2.05, 4.69) is 36.2 Å². The summed E-state index contributed by atoms with van der Waals surface area (Å²) < 4.78 is 2.73. The maximum Gasteiger partial charge on any atom is 0.343 e. The summed E-state index contributed by atoms with van der Waals surface area (Å²) in [6.07, 6.45) is 10.6. The SMILES string of the molecule is O=C1C2CCCCCC3(CCCCC[N+]13Br)N2Br. The summed E-state index contributed by atoms with van der Waals surface area (Å²) in [6.45, 7) is 0.956. The zero-order valence-electron chi connectivity index (χ0n) is 10.7. The number of halogens is 2. The summed E-state index contributed by atoms with van der Waals surface area (Å²) in [6, 6.07) is 0.0720. The molecule has 3 nitrogen and oxygen atoms in total. The van der Waals surface area contributed by atoms with E-state index in [1.807, 2.05) is 0 Å². The summed E-state index contributed by atoms with van der Waals surface area (Å²) in [5.41, 5.74) is -0.0291. The Kier molecular flexibility index (Phi) is 3.63. The number of quaternary nitrogens is 1. The third-order valence-electron chi connectivity index (χ3n) is 5.06. The molecule has 1 amide bonds. The Labute approximate surface area is 126 Å².